The van der Waals surface area contributed by atoms with Gasteiger partial charge in [0, 0.05) is 23.6 Å². The fraction of sp³-hybridized carbons (Fsp3) is 0.273. The van der Waals surface area contributed by atoms with Crippen molar-refractivity contribution < 1.29 is 31.0 Å². The maximum atomic E-state index is 8.26. The zero-order valence-corrected chi connectivity index (χ0v) is 10.4. The molecular formula is C11H12FeN2O3. The Labute approximate surface area is 112 Å². The summed E-state index contributed by atoms with van der Waals surface area (Å²) >= 11 is 0. The molecule has 0 aliphatic heterocycles. The van der Waals surface area contributed by atoms with Crippen LogP contribution in [0.5, 0.6) is 0 Å². The molecule has 0 aliphatic carbocycles. The number of nitrogens with zero attached hydrogens (tertiary/aromatic N) is 2. The van der Waals surface area contributed by atoms with Crippen LogP contribution >= 0.6 is 0 Å². The van der Waals surface area contributed by atoms with E-state index >= 15 is 0 Å². The van der Waals surface area contributed by atoms with Gasteiger partial charge in [-0.25, -0.2) is 0 Å². The Morgan fingerprint density at radius 3 is 1.94 bits per heavy atom. The van der Waals surface area contributed by atoms with E-state index in [0.29, 0.717) is 6.54 Å². The third-order valence-corrected chi connectivity index (χ3v) is 1.03. The minimum Gasteiger partial charge on any atom is 0 e. The van der Waals surface area contributed by atoms with Crippen LogP contribution < -0.4 is 0 Å². The third-order valence-electron chi connectivity index (χ3n) is 1.03. The number of allylic oxidation sites excluding steroid dienone is 2. The molecule has 0 amide bonds. The van der Waals surface area contributed by atoms with Crippen molar-refractivity contribution in [2.75, 3.05) is 20.1 Å². The molecule has 0 aromatic rings. The summed E-state index contributed by atoms with van der Waals surface area (Å²) in [6.07, 6.45) is 5.55. The van der Waals surface area contributed by atoms with Gasteiger partial charge in [0.2, 0.25) is 0 Å². The zero-order chi connectivity index (χ0) is 13.8. The van der Waals surface area contributed by atoms with Crippen LogP contribution in [0.4, 0.5) is 0 Å². The van der Waals surface area contributed by atoms with E-state index in [1.807, 2.05) is 24.1 Å². The van der Waals surface area contributed by atoms with Gasteiger partial charge in [0.05, 0.1) is 12.6 Å². The minimum absolute atomic E-state index is 0. The molecule has 0 spiro atoms. The number of rotatable bonds is 4. The molecule has 0 aromatic carbocycles. The summed E-state index contributed by atoms with van der Waals surface area (Å²) in [4.78, 5) is 1.92. The van der Waals surface area contributed by atoms with Crippen LogP contribution in [0.25, 0.3) is 0 Å². The van der Waals surface area contributed by atoms with Gasteiger partial charge in [-0.2, -0.15) is 5.26 Å². The van der Waals surface area contributed by atoms with Crippen LogP contribution in [0.15, 0.2) is 24.8 Å². The van der Waals surface area contributed by atoms with Crippen molar-refractivity contribution in [2.24, 2.45) is 0 Å². The molecule has 92 valence electrons. The molecule has 0 N–H and O–H groups in total. The largest absolute Gasteiger partial charge is 0 e. The molecule has 0 saturated heterocycles. The van der Waals surface area contributed by atoms with Gasteiger partial charge in [0.15, 0.2) is 0 Å². The van der Waals surface area contributed by atoms with Crippen LogP contribution in [-0.4, -0.2) is 25.0 Å². The van der Waals surface area contributed by atoms with Gasteiger partial charge in [-0.05, 0) is 7.05 Å². The van der Waals surface area contributed by atoms with Crippen molar-refractivity contribution in [3.8, 4) is 6.07 Å². The van der Waals surface area contributed by atoms with Gasteiger partial charge in [-0.3, -0.25) is 4.90 Å². The molecule has 0 unspecified atom stereocenters. The second kappa shape index (κ2) is 46.6. The van der Waals surface area contributed by atoms with Crippen LogP contribution in [0, 0.1) is 31.3 Å². The van der Waals surface area contributed by atoms with E-state index in [9.17, 15) is 0 Å². The topological polar surface area (TPSA) is 86.7 Å². The molecule has 0 aromatic heterocycles. The van der Waals surface area contributed by atoms with Crippen molar-refractivity contribution in [1.82, 2.24) is 4.90 Å². The van der Waals surface area contributed by atoms with Gasteiger partial charge in [-0.1, -0.05) is 24.8 Å². The Morgan fingerprint density at radius 2 is 1.65 bits per heavy atom. The van der Waals surface area contributed by atoms with E-state index in [0.717, 1.165) is 6.54 Å². The average molecular weight is 276 g/mol. The SMILES string of the molecule is C=C/C=C\CN(C)CC#N.[C-]#[O+].[C-]#[O+].[C-]#[O+].[Fe]. The molecule has 0 saturated carbocycles. The molecule has 0 fully saturated rings. The Bertz CT molecular complexity index is 250. The van der Waals surface area contributed by atoms with Crippen LogP contribution in [-0.2, 0) is 31.0 Å². The third kappa shape index (κ3) is 52.9. The maximum Gasteiger partial charge on any atom is 0 e. The standard InChI is InChI=1S/C8H12N2.3CO.Fe/c1-3-4-5-7-10(2)8-6-9;3*1-2;/h3-5H,1,7-8H2,2H3;;;;/b5-4-;;;;. The number of hydrogen-bond donors (Lipinski definition) is 0. The average Bonchev–Trinajstić information content (AvgIpc) is 2.37. The summed E-state index contributed by atoms with van der Waals surface area (Å²) in [5, 5.41) is 8.26. The van der Waals surface area contributed by atoms with Crippen LogP contribution in [0.2, 0.25) is 0 Å². The van der Waals surface area contributed by atoms with Gasteiger partial charge in [-0.15, -0.1) is 0 Å². The Balaban J connectivity index is -0.0000000594. The molecule has 0 radical (unpaired) electrons. The molecule has 0 aliphatic rings. The minimum atomic E-state index is 0. The summed E-state index contributed by atoms with van der Waals surface area (Å²) in [5.41, 5.74) is 0. The Morgan fingerprint density at radius 1 is 1.24 bits per heavy atom. The van der Waals surface area contributed by atoms with Crippen molar-refractivity contribution >= 4 is 0 Å². The Kier molecular flexibility index (Phi) is 81.2. The van der Waals surface area contributed by atoms with Crippen LogP contribution in [0.1, 0.15) is 0 Å². The second-order valence-corrected chi connectivity index (χ2v) is 2.02. The van der Waals surface area contributed by atoms with Gasteiger partial charge < -0.3 is 0 Å². The zero-order valence-electron chi connectivity index (χ0n) is 9.33. The fourth-order valence-electron chi connectivity index (χ4n) is 0.522. The predicted molar refractivity (Wildman–Crippen MR) is 54.2 cm³/mol. The first-order valence-electron chi connectivity index (χ1n) is 3.75. The number of nitriles is 1. The molecular weight excluding hydrogens is 264 g/mol. The molecule has 0 bridgehead atoms. The van der Waals surface area contributed by atoms with Crippen LogP contribution in [0.3, 0.4) is 0 Å². The molecule has 0 rings (SSSR count). The summed E-state index contributed by atoms with van der Waals surface area (Å²) in [7, 11) is 1.90. The number of likely N-dealkylation sites (N-methyl/N-ethyl adjacent to an activating group) is 1. The second-order valence-electron chi connectivity index (χ2n) is 2.02. The van der Waals surface area contributed by atoms with E-state index in [1.165, 1.54) is 0 Å². The Hall–Kier alpha value is -1.33. The first kappa shape index (κ1) is 29.6. The van der Waals surface area contributed by atoms with Gasteiger partial charge >= 0.3 is 33.9 Å². The smallest absolute Gasteiger partial charge is 0 e. The summed E-state index contributed by atoms with van der Waals surface area (Å²) in [6, 6.07) is 2.06. The maximum absolute atomic E-state index is 8.26. The van der Waals surface area contributed by atoms with Crippen molar-refractivity contribution in [2.45, 2.75) is 0 Å². The summed E-state index contributed by atoms with van der Waals surface area (Å²) in [5.74, 6) is 0. The number of hydrogen-bond acceptors (Lipinski definition) is 2. The van der Waals surface area contributed by atoms with Crippen molar-refractivity contribution in [3.05, 3.63) is 44.8 Å². The molecule has 17 heavy (non-hydrogen) atoms. The van der Waals surface area contributed by atoms with Gasteiger partial charge in [0.25, 0.3) is 0 Å². The molecule has 0 atom stereocenters. The summed E-state index contributed by atoms with van der Waals surface area (Å²) in [6.45, 7) is 18.3. The van der Waals surface area contributed by atoms with Crippen molar-refractivity contribution in [1.29, 1.82) is 5.26 Å². The van der Waals surface area contributed by atoms with E-state index < -0.39 is 0 Å². The predicted octanol–water partition coefficient (Wildman–Crippen LogP) is 1.07. The molecule has 6 heteroatoms. The van der Waals surface area contributed by atoms with E-state index in [1.54, 1.807) is 6.08 Å². The first-order chi connectivity index (χ1) is 7.81. The quantitative estimate of drug-likeness (QED) is 0.253. The van der Waals surface area contributed by atoms with E-state index in [2.05, 4.69) is 32.6 Å². The van der Waals surface area contributed by atoms with E-state index in [4.69, 9.17) is 19.2 Å². The summed E-state index contributed by atoms with van der Waals surface area (Å²) < 4.78 is 22.5. The normalized spacial score (nSPS) is 6.29. The monoisotopic (exact) mass is 276 g/mol. The molecule has 0 heterocycles. The first-order valence-corrected chi connectivity index (χ1v) is 3.75. The van der Waals surface area contributed by atoms with Crippen molar-refractivity contribution in [3.63, 3.8) is 0 Å². The fourth-order valence-corrected chi connectivity index (χ4v) is 0.522. The van der Waals surface area contributed by atoms with E-state index in [-0.39, 0.29) is 17.1 Å². The van der Waals surface area contributed by atoms with Gasteiger partial charge in [0.1, 0.15) is 0 Å². The molecule has 5 nitrogen and oxygen atoms in total.